The lowest BCUT2D eigenvalue weighted by Crippen LogP contribution is -2.20. The summed E-state index contributed by atoms with van der Waals surface area (Å²) in [5.74, 6) is 2.69. The first-order valence-electron chi connectivity index (χ1n) is 8.54. The number of carbonyl (C=O) groups excluding carboxylic acids is 2. The second kappa shape index (κ2) is 11.0. The summed E-state index contributed by atoms with van der Waals surface area (Å²) in [6.45, 7) is 0.0735. The third kappa shape index (κ3) is 6.50. The van der Waals surface area contributed by atoms with E-state index in [9.17, 15) is 9.59 Å². The number of anilines is 1. The molecule has 2 amide bonds. The van der Waals surface area contributed by atoms with Crippen LogP contribution in [0.4, 0.5) is 5.69 Å². The molecule has 2 aromatic carbocycles. The van der Waals surface area contributed by atoms with Crippen LogP contribution in [0.25, 0.3) is 0 Å². The lowest BCUT2D eigenvalue weighted by atomic mass is 10.2. The Morgan fingerprint density at radius 3 is 2.57 bits per heavy atom. The fourth-order valence-electron chi connectivity index (χ4n) is 2.27. The van der Waals surface area contributed by atoms with Gasteiger partial charge in [0.2, 0.25) is 11.8 Å². The van der Waals surface area contributed by atoms with Crippen molar-refractivity contribution in [1.82, 2.24) is 5.43 Å². The monoisotopic (exact) mass is 379 g/mol. The SMILES string of the molecule is C#CCOc1c(C=NNC(=O)CCC(=O)Nc2ccccc2)cccc1OC. The summed E-state index contributed by atoms with van der Waals surface area (Å²) in [5, 5.41) is 6.62. The van der Waals surface area contributed by atoms with Gasteiger partial charge in [-0.1, -0.05) is 30.2 Å². The van der Waals surface area contributed by atoms with E-state index in [1.54, 1.807) is 30.3 Å². The van der Waals surface area contributed by atoms with Crippen molar-refractivity contribution in [3.63, 3.8) is 0 Å². The molecule has 0 spiro atoms. The molecule has 0 heterocycles. The van der Waals surface area contributed by atoms with E-state index in [4.69, 9.17) is 15.9 Å². The van der Waals surface area contributed by atoms with Gasteiger partial charge in [-0.3, -0.25) is 9.59 Å². The van der Waals surface area contributed by atoms with E-state index in [0.29, 0.717) is 22.7 Å². The summed E-state index contributed by atoms with van der Waals surface area (Å²) in [7, 11) is 1.52. The zero-order chi connectivity index (χ0) is 20.2. The van der Waals surface area contributed by atoms with Crippen LogP contribution in [-0.2, 0) is 9.59 Å². The van der Waals surface area contributed by atoms with Gasteiger partial charge < -0.3 is 14.8 Å². The summed E-state index contributed by atoms with van der Waals surface area (Å²) in [6.07, 6.45) is 6.71. The number of nitrogens with one attached hydrogen (secondary N) is 2. The molecule has 7 nitrogen and oxygen atoms in total. The molecule has 0 bridgehead atoms. The van der Waals surface area contributed by atoms with Crippen molar-refractivity contribution in [2.45, 2.75) is 12.8 Å². The van der Waals surface area contributed by atoms with Crippen LogP contribution in [0.3, 0.4) is 0 Å². The molecular weight excluding hydrogens is 358 g/mol. The molecule has 2 N–H and O–H groups in total. The summed E-state index contributed by atoms with van der Waals surface area (Å²) in [4.78, 5) is 23.7. The molecule has 0 radical (unpaired) electrons. The Hall–Kier alpha value is -3.79. The molecule has 0 unspecified atom stereocenters. The average molecular weight is 379 g/mol. The topological polar surface area (TPSA) is 89.0 Å². The minimum atomic E-state index is -0.381. The number of hydrogen-bond donors (Lipinski definition) is 2. The van der Waals surface area contributed by atoms with Gasteiger partial charge >= 0.3 is 0 Å². The first-order valence-corrected chi connectivity index (χ1v) is 8.54. The summed E-state index contributed by atoms with van der Waals surface area (Å²) in [6, 6.07) is 14.3. The van der Waals surface area contributed by atoms with Crippen LogP contribution < -0.4 is 20.2 Å². The molecule has 0 saturated carbocycles. The first kappa shape index (κ1) is 20.5. The molecule has 2 aromatic rings. The molecule has 28 heavy (non-hydrogen) atoms. The van der Waals surface area contributed by atoms with Crippen molar-refractivity contribution in [2.75, 3.05) is 19.0 Å². The normalized spacial score (nSPS) is 10.1. The molecule has 2 rings (SSSR count). The molecule has 0 aliphatic carbocycles. The number of terminal acetylenes is 1. The minimum absolute atomic E-state index is 0.00850. The van der Waals surface area contributed by atoms with E-state index < -0.39 is 0 Å². The van der Waals surface area contributed by atoms with E-state index in [2.05, 4.69) is 21.8 Å². The van der Waals surface area contributed by atoms with Gasteiger partial charge in [-0.2, -0.15) is 5.10 Å². The first-order chi connectivity index (χ1) is 13.6. The zero-order valence-electron chi connectivity index (χ0n) is 15.5. The van der Waals surface area contributed by atoms with Crippen LogP contribution in [0, 0.1) is 12.3 Å². The lowest BCUT2D eigenvalue weighted by Gasteiger charge is -2.11. The van der Waals surface area contributed by atoms with Crippen LogP contribution in [0.2, 0.25) is 0 Å². The molecule has 0 aliphatic rings. The van der Waals surface area contributed by atoms with Crippen molar-refractivity contribution in [1.29, 1.82) is 0 Å². The lowest BCUT2D eigenvalue weighted by molar-refractivity contribution is -0.124. The van der Waals surface area contributed by atoms with E-state index in [0.717, 1.165) is 0 Å². The third-order valence-corrected chi connectivity index (χ3v) is 3.56. The van der Waals surface area contributed by atoms with Crippen LogP contribution >= 0.6 is 0 Å². The van der Waals surface area contributed by atoms with Crippen molar-refractivity contribution in [2.24, 2.45) is 5.10 Å². The summed E-state index contributed by atoms with van der Waals surface area (Å²) in [5.41, 5.74) is 3.66. The number of ether oxygens (including phenoxy) is 2. The maximum atomic E-state index is 11.9. The van der Waals surface area contributed by atoms with E-state index in [1.807, 2.05) is 18.2 Å². The number of hydrazone groups is 1. The highest BCUT2D eigenvalue weighted by Crippen LogP contribution is 2.29. The fourth-order valence-corrected chi connectivity index (χ4v) is 2.27. The Morgan fingerprint density at radius 1 is 1.11 bits per heavy atom. The smallest absolute Gasteiger partial charge is 0.240 e. The Bertz CT molecular complexity index is 873. The predicted octanol–water partition coefficient (Wildman–Crippen LogP) is 2.58. The van der Waals surface area contributed by atoms with Crippen molar-refractivity contribution in [3.8, 4) is 23.8 Å². The highest BCUT2D eigenvalue weighted by molar-refractivity contribution is 5.93. The van der Waals surface area contributed by atoms with E-state index in [-0.39, 0.29) is 31.3 Å². The summed E-state index contributed by atoms with van der Waals surface area (Å²) < 4.78 is 10.7. The van der Waals surface area contributed by atoms with Gasteiger partial charge in [0.15, 0.2) is 11.5 Å². The number of benzene rings is 2. The van der Waals surface area contributed by atoms with Gasteiger partial charge in [-0.15, -0.1) is 6.42 Å². The number of para-hydroxylation sites is 2. The van der Waals surface area contributed by atoms with Crippen molar-refractivity contribution < 1.29 is 19.1 Å². The highest BCUT2D eigenvalue weighted by Gasteiger charge is 2.09. The molecule has 0 aromatic heterocycles. The van der Waals surface area contributed by atoms with Gasteiger partial charge in [-0.25, -0.2) is 5.43 Å². The van der Waals surface area contributed by atoms with Crippen LogP contribution in [0.1, 0.15) is 18.4 Å². The number of methoxy groups -OCH3 is 1. The number of rotatable bonds is 9. The van der Waals surface area contributed by atoms with Crippen LogP contribution in [0.5, 0.6) is 11.5 Å². The van der Waals surface area contributed by atoms with Gasteiger partial charge in [0.25, 0.3) is 0 Å². The fraction of sp³-hybridized carbons (Fsp3) is 0.190. The highest BCUT2D eigenvalue weighted by atomic mass is 16.5. The zero-order valence-corrected chi connectivity index (χ0v) is 15.5. The Labute approximate surface area is 163 Å². The average Bonchev–Trinajstić information content (AvgIpc) is 2.71. The van der Waals surface area contributed by atoms with E-state index in [1.165, 1.54) is 13.3 Å². The summed E-state index contributed by atoms with van der Waals surface area (Å²) >= 11 is 0. The second-order valence-electron chi connectivity index (χ2n) is 5.58. The maximum absolute atomic E-state index is 11.9. The number of hydrogen-bond acceptors (Lipinski definition) is 5. The standard InChI is InChI=1S/C21H21N3O4/c1-3-14-28-21-16(8-7-11-18(21)27-2)15-22-24-20(26)13-12-19(25)23-17-9-5-4-6-10-17/h1,4-11,15H,12-14H2,2H3,(H,23,25)(H,24,26). The van der Waals surface area contributed by atoms with Crippen LogP contribution in [0.15, 0.2) is 53.6 Å². The largest absolute Gasteiger partial charge is 0.493 e. The molecule has 0 aliphatic heterocycles. The predicted molar refractivity (Wildman–Crippen MR) is 107 cm³/mol. The van der Waals surface area contributed by atoms with Gasteiger partial charge in [-0.05, 0) is 24.3 Å². The molecule has 144 valence electrons. The molecular formula is C21H21N3O4. The van der Waals surface area contributed by atoms with Crippen LogP contribution in [-0.4, -0.2) is 31.7 Å². The Kier molecular flexibility index (Phi) is 8.09. The molecule has 0 fully saturated rings. The second-order valence-corrected chi connectivity index (χ2v) is 5.58. The molecule has 0 saturated heterocycles. The number of amides is 2. The van der Waals surface area contributed by atoms with E-state index >= 15 is 0 Å². The number of nitrogens with zero attached hydrogens (tertiary/aromatic N) is 1. The quantitative estimate of drug-likeness (QED) is 0.398. The minimum Gasteiger partial charge on any atom is -0.493 e. The van der Waals surface area contributed by atoms with Crippen molar-refractivity contribution >= 4 is 23.7 Å². The van der Waals surface area contributed by atoms with Gasteiger partial charge in [0.05, 0.1) is 13.3 Å². The Morgan fingerprint density at radius 2 is 1.86 bits per heavy atom. The van der Waals surface area contributed by atoms with Crippen molar-refractivity contribution in [3.05, 3.63) is 54.1 Å². The molecule has 0 atom stereocenters. The van der Waals surface area contributed by atoms with Gasteiger partial charge in [0, 0.05) is 24.1 Å². The van der Waals surface area contributed by atoms with Gasteiger partial charge in [0.1, 0.15) is 6.61 Å². The molecule has 7 heteroatoms. The third-order valence-electron chi connectivity index (χ3n) is 3.56. The maximum Gasteiger partial charge on any atom is 0.240 e. The Balaban J connectivity index is 1.86. The number of carbonyl (C=O) groups is 2.